The Bertz CT molecular complexity index is 1320. The molecule has 9 heteroatoms. The van der Waals surface area contributed by atoms with E-state index in [1.807, 2.05) is 0 Å². The van der Waals surface area contributed by atoms with E-state index in [0.717, 1.165) is 3.97 Å². The van der Waals surface area contributed by atoms with Crippen molar-refractivity contribution in [3.63, 3.8) is 0 Å². The molecule has 0 saturated heterocycles. The molecule has 28 heavy (non-hydrogen) atoms. The quantitative estimate of drug-likeness (QED) is 0.526. The molecular weight excluding hydrogens is 410 g/mol. The molecule has 0 unspecified atom stereocenters. The van der Waals surface area contributed by atoms with Crippen molar-refractivity contribution in [1.29, 1.82) is 0 Å². The van der Waals surface area contributed by atoms with Gasteiger partial charge in [0.25, 0.3) is 10.0 Å². The molecule has 2 aromatic carbocycles. The van der Waals surface area contributed by atoms with Crippen LogP contribution in [0.2, 0.25) is 5.02 Å². The van der Waals surface area contributed by atoms with Crippen LogP contribution in [0.5, 0.6) is 5.75 Å². The van der Waals surface area contributed by atoms with Gasteiger partial charge in [-0.3, -0.25) is 4.98 Å². The third-order valence-electron chi connectivity index (χ3n) is 4.21. The number of aromatic hydroxyl groups is 1. The van der Waals surface area contributed by atoms with Gasteiger partial charge in [0.1, 0.15) is 10.7 Å². The molecule has 0 saturated carbocycles. The van der Waals surface area contributed by atoms with E-state index in [1.165, 1.54) is 24.5 Å². The maximum atomic E-state index is 13.8. The number of hydrogen-bond acceptors (Lipinski definition) is 4. The van der Waals surface area contributed by atoms with Gasteiger partial charge in [-0.15, -0.1) is 0 Å². The third-order valence-corrected chi connectivity index (χ3v) is 6.18. The summed E-state index contributed by atoms with van der Waals surface area (Å²) in [5, 5.41) is 10.9. The Labute approximate surface area is 163 Å². The van der Waals surface area contributed by atoms with Gasteiger partial charge in [-0.1, -0.05) is 11.6 Å². The van der Waals surface area contributed by atoms with Crippen LogP contribution >= 0.6 is 11.6 Å². The molecule has 0 aliphatic heterocycles. The van der Waals surface area contributed by atoms with Crippen molar-refractivity contribution in [3.05, 3.63) is 77.6 Å². The second kappa shape index (κ2) is 6.57. The van der Waals surface area contributed by atoms with Crippen molar-refractivity contribution in [3.8, 4) is 17.0 Å². The Morgan fingerprint density at radius 3 is 2.43 bits per heavy atom. The van der Waals surface area contributed by atoms with Crippen LogP contribution in [0, 0.1) is 11.6 Å². The van der Waals surface area contributed by atoms with Crippen LogP contribution in [0.4, 0.5) is 8.78 Å². The Kier molecular flexibility index (Phi) is 4.32. The molecule has 0 bridgehead atoms. The molecule has 2 aromatic heterocycles. The molecule has 4 rings (SSSR count). The van der Waals surface area contributed by atoms with Crippen molar-refractivity contribution in [2.24, 2.45) is 0 Å². The first-order chi connectivity index (χ1) is 13.3. The first kappa shape index (κ1) is 18.4. The minimum absolute atomic E-state index is 0.226. The summed E-state index contributed by atoms with van der Waals surface area (Å²) in [6, 6.07) is 10.3. The van der Waals surface area contributed by atoms with E-state index < -0.39 is 32.3 Å². The van der Waals surface area contributed by atoms with Gasteiger partial charge in [0, 0.05) is 34.4 Å². The van der Waals surface area contributed by atoms with E-state index in [1.54, 1.807) is 24.3 Å². The fourth-order valence-corrected chi connectivity index (χ4v) is 4.80. The lowest BCUT2D eigenvalue weighted by Gasteiger charge is -2.13. The van der Waals surface area contributed by atoms with E-state index in [9.17, 15) is 22.3 Å². The number of phenols is 1. The SMILES string of the molecule is O=S(=O)(c1cc(F)cc(F)c1O)n1c(-c2ccncc2)cc2cc(Cl)ccc21. The van der Waals surface area contributed by atoms with E-state index in [4.69, 9.17) is 11.6 Å². The second-order valence-electron chi connectivity index (χ2n) is 5.97. The summed E-state index contributed by atoms with van der Waals surface area (Å²) in [7, 11) is -4.57. The fraction of sp³-hybridized carbons (Fsp3) is 0. The summed E-state index contributed by atoms with van der Waals surface area (Å²) in [6.45, 7) is 0. The topological polar surface area (TPSA) is 72.2 Å². The molecule has 0 aliphatic rings. The van der Waals surface area contributed by atoms with Crippen LogP contribution in [0.1, 0.15) is 0 Å². The zero-order valence-electron chi connectivity index (χ0n) is 14.0. The summed E-state index contributed by atoms with van der Waals surface area (Å²) in [5.74, 6) is -3.65. The highest BCUT2D eigenvalue weighted by atomic mass is 35.5. The van der Waals surface area contributed by atoms with Crippen molar-refractivity contribution in [2.45, 2.75) is 4.90 Å². The molecule has 2 heterocycles. The summed E-state index contributed by atoms with van der Waals surface area (Å²) in [4.78, 5) is 3.03. The predicted molar refractivity (Wildman–Crippen MR) is 101 cm³/mol. The van der Waals surface area contributed by atoms with E-state index in [0.29, 0.717) is 28.1 Å². The number of halogens is 3. The maximum absolute atomic E-state index is 13.8. The van der Waals surface area contributed by atoms with E-state index >= 15 is 0 Å². The van der Waals surface area contributed by atoms with Crippen LogP contribution in [0.15, 0.2) is 65.8 Å². The number of benzene rings is 2. The van der Waals surface area contributed by atoms with Gasteiger partial charge in [-0.25, -0.2) is 21.2 Å². The average molecular weight is 421 g/mol. The summed E-state index contributed by atoms with van der Waals surface area (Å²) in [5.41, 5.74) is 0.964. The van der Waals surface area contributed by atoms with Crippen molar-refractivity contribution >= 4 is 32.5 Å². The van der Waals surface area contributed by atoms with Crippen LogP contribution in [0.3, 0.4) is 0 Å². The Morgan fingerprint density at radius 1 is 1.00 bits per heavy atom. The molecule has 5 nitrogen and oxygen atoms in total. The van der Waals surface area contributed by atoms with Gasteiger partial charge in [0.05, 0.1) is 11.2 Å². The molecule has 0 atom stereocenters. The largest absolute Gasteiger partial charge is 0.504 e. The highest BCUT2D eigenvalue weighted by Crippen LogP contribution is 2.36. The van der Waals surface area contributed by atoms with Gasteiger partial charge in [-0.05, 0) is 42.5 Å². The molecule has 0 aliphatic carbocycles. The molecule has 0 fully saturated rings. The van der Waals surface area contributed by atoms with E-state index in [-0.39, 0.29) is 11.2 Å². The highest BCUT2D eigenvalue weighted by Gasteiger charge is 2.29. The lowest BCUT2D eigenvalue weighted by atomic mass is 10.2. The van der Waals surface area contributed by atoms with Gasteiger partial charge in [-0.2, -0.15) is 0 Å². The maximum Gasteiger partial charge on any atom is 0.272 e. The molecule has 142 valence electrons. The number of aromatic nitrogens is 2. The summed E-state index contributed by atoms with van der Waals surface area (Å²) >= 11 is 6.02. The molecule has 0 amide bonds. The zero-order chi connectivity index (χ0) is 20.1. The number of phenolic OH excluding ortho intramolecular Hbond substituents is 1. The van der Waals surface area contributed by atoms with Crippen molar-refractivity contribution < 1.29 is 22.3 Å². The van der Waals surface area contributed by atoms with Crippen LogP contribution in [-0.4, -0.2) is 22.5 Å². The third kappa shape index (κ3) is 2.90. The van der Waals surface area contributed by atoms with Crippen LogP contribution in [0.25, 0.3) is 22.2 Å². The molecule has 0 radical (unpaired) electrons. The van der Waals surface area contributed by atoms with Crippen molar-refractivity contribution in [1.82, 2.24) is 8.96 Å². The minimum atomic E-state index is -4.57. The van der Waals surface area contributed by atoms with Crippen LogP contribution < -0.4 is 0 Å². The van der Waals surface area contributed by atoms with Crippen molar-refractivity contribution in [2.75, 3.05) is 0 Å². The molecule has 1 N–H and O–H groups in total. The normalized spacial score (nSPS) is 11.8. The Hall–Kier alpha value is -2.97. The van der Waals surface area contributed by atoms with Gasteiger partial charge in [0.15, 0.2) is 11.6 Å². The lowest BCUT2D eigenvalue weighted by molar-refractivity contribution is 0.411. The first-order valence-corrected chi connectivity index (χ1v) is 9.76. The number of rotatable bonds is 3. The second-order valence-corrected chi connectivity index (χ2v) is 8.16. The van der Waals surface area contributed by atoms with Crippen LogP contribution in [-0.2, 0) is 10.0 Å². The smallest absolute Gasteiger partial charge is 0.272 e. The number of pyridine rings is 1. The van der Waals surface area contributed by atoms with Gasteiger partial charge < -0.3 is 5.11 Å². The predicted octanol–water partition coefficient (Wildman–Crippen LogP) is 4.58. The minimum Gasteiger partial charge on any atom is -0.504 e. The number of nitrogens with zero attached hydrogens (tertiary/aromatic N) is 2. The summed E-state index contributed by atoms with van der Waals surface area (Å²) < 4.78 is 55.1. The van der Waals surface area contributed by atoms with Gasteiger partial charge in [0.2, 0.25) is 0 Å². The fourth-order valence-electron chi connectivity index (χ4n) is 2.98. The lowest BCUT2D eigenvalue weighted by Crippen LogP contribution is -2.15. The monoisotopic (exact) mass is 420 g/mol. The highest BCUT2D eigenvalue weighted by molar-refractivity contribution is 7.90. The first-order valence-electron chi connectivity index (χ1n) is 7.94. The zero-order valence-corrected chi connectivity index (χ0v) is 15.5. The molecular formula is C19H11ClF2N2O3S. The number of hydrogen-bond donors (Lipinski definition) is 1. The number of fused-ring (bicyclic) bond motifs is 1. The molecule has 0 spiro atoms. The Balaban J connectivity index is 2.11. The average Bonchev–Trinajstić information content (AvgIpc) is 3.04. The Morgan fingerprint density at radius 2 is 1.71 bits per heavy atom. The van der Waals surface area contributed by atoms with Gasteiger partial charge >= 0.3 is 0 Å². The molecule has 4 aromatic rings. The van der Waals surface area contributed by atoms with E-state index in [2.05, 4.69) is 4.98 Å². The standard InChI is InChI=1S/C19H11ClF2N2O3S/c20-13-1-2-16-12(7-13)8-17(11-3-5-23-6-4-11)24(16)28(26,27)18-10-14(21)9-15(22)19(18)25/h1-10,25H. The summed E-state index contributed by atoms with van der Waals surface area (Å²) in [6.07, 6.45) is 2.96.